The summed E-state index contributed by atoms with van der Waals surface area (Å²) in [5.41, 5.74) is 1.91. The molecule has 0 spiro atoms. The van der Waals surface area contributed by atoms with Crippen molar-refractivity contribution in [2.45, 2.75) is 13.3 Å². The van der Waals surface area contributed by atoms with Crippen LogP contribution in [0.4, 0.5) is 5.69 Å². The first-order chi connectivity index (χ1) is 11.0. The van der Waals surface area contributed by atoms with Crippen molar-refractivity contribution in [1.29, 1.82) is 0 Å². The van der Waals surface area contributed by atoms with Gasteiger partial charge in [0, 0.05) is 16.8 Å². The fraction of sp³-hybridized carbons (Fsp3) is 0.111. The van der Waals surface area contributed by atoms with Crippen molar-refractivity contribution in [2.24, 2.45) is 0 Å². The third-order valence-corrected chi connectivity index (χ3v) is 3.73. The largest absolute Gasteiger partial charge is 0.460 e. The second-order valence-electron chi connectivity index (χ2n) is 5.26. The van der Waals surface area contributed by atoms with Crippen LogP contribution >= 0.6 is 11.6 Å². The van der Waals surface area contributed by atoms with Gasteiger partial charge in [0.05, 0.1) is 11.8 Å². The maximum atomic E-state index is 12.1. The minimum absolute atomic E-state index is 0.0118. The number of carbonyl (C=O) groups is 1. The number of carbonyl (C=O) groups excluding carboxylic acids is 1. The molecule has 0 saturated heterocycles. The number of rotatable bonds is 3. The molecule has 0 aliphatic carbocycles. The molecule has 0 bridgehead atoms. The monoisotopic (exact) mass is 327 g/mol. The number of halogens is 1. The van der Waals surface area contributed by atoms with Gasteiger partial charge in [0.2, 0.25) is 5.91 Å². The Morgan fingerprint density at radius 2 is 1.96 bits per heavy atom. The Balaban J connectivity index is 1.84. The van der Waals surface area contributed by atoms with Crippen LogP contribution in [0.15, 0.2) is 57.7 Å². The Kier molecular flexibility index (Phi) is 4.17. The molecule has 1 aromatic heterocycles. The van der Waals surface area contributed by atoms with Gasteiger partial charge in [-0.1, -0.05) is 29.8 Å². The summed E-state index contributed by atoms with van der Waals surface area (Å²) in [6.45, 7) is 1.91. The molecule has 0 saturated carbocycles. The van der Waals surface area contributed by atoms with E-state index in [2.05, 4.69) is 5.32 Å². The predicted molar refractivity (Wildman–Crippen MR) is 91.0 cm³/mol. The molecule has 116 valence electrons. The molecule has 0 aliphatic rings. The van der Waals surface area contributed by atoms with Crippen LogP contribution in [0.25, 0.3) is 11.0 Å². The van der Waals surface area contributed by atoms with Gasteiger partial charge in [-0.05, 0) is 36.8 Å². The molecule has 4 nitrogen and oxygen atoms in total. The summed E-state index contributed by atoms with van der Waals surface area (Å²) in [5, 5.41) is 3.68. The normalized spacial score (nSPS) is 10.7. The van der Waals surface area contributed by atoms with Crippen molar-refractivity contribution in [3.05, 3.63) is 75.1 Å². The second kappa shape index (κ2) is 6.26. The number of hydrogen-bond donors (Lipinski definition) is 1. The maximum absolute atomic E-state index is 12.1. The highest BCUT2D eigenvalue weighted by atomic mass is 35.5. The summed E-state index contributed by atoms with van der Waals surface area (Å²) in [7, 11) is 0. The average molecular weight is 328 g/mol. The van der Waals surface area contributed by atoms with Crippen LogP contribution in [0.5, 0.6) is 0 Å². The number of nitrogens with one attached hydrogen (secondary N) is 1. The molecular weight excluding hydrogens is 314 g/mol. The molecule has 3 aromatic rings. The molecule has 1 N–H and O–H groups in total. The van der Waals surface area contributed by atoms with Crippen molar-refractivity contribution < 1.29 is 9.21 Å². The number of anilines is 1. The lowest BCUT2D eigenvalue weighted by molar-refractivity contribution is -0.115. The Bertz CT molecular complexity index is 946. The first-order valence-corrected chi connectivity index (χ1v) is 7.48. The first kappa shape index (κ1) is 15.3. The minimum atomic E-state index is -0.240. The third-order valence-electron chi connectivity index (χ3n) is 3.49. The highest BCUT2D eigenvalue weighted by Crippen LogP contribution is 2.18. The number of benzene rings is 2. The first-order valence-electron chi connectivity index (χ1n) is 7.11. The van der Waals surface area contributed by atoms with Crippen LogP contribution in [0, 0.1) is 6.92 Å². The SMILES string of the molecule is Cc1ccccc1NC(=O)Cc1cc(=O)c2cc(Cl)ccc2o1. The lowest BCUT2D eigenvalue weighted by Crippen LogP contribution is -2.16. The number of aryl methyl sites for hydroxylation is 1. The van der Waals surface area contributed by atoms with Crippen LogP contribution in [-0.2, 0) is 11.2 Å². The summed E-state index contributed by atoms with van der Waals surface area (Å²) < 4.78 is 5.62. The standard InChI is InChI=1S/C18H14ClNO3/c1-11-4-2-3-5-15(11)20-18(22)10-13-9-16(21)14-8-12(19)6-7-17(14)23-13/h2-9H,10H2,1H3,(H,20,22). The summed E-state index contributed by atoms with van der Waals surface area (Å²) in [6.07, 6.45) is -0.0118. The molecule has 0 atom stereocenters. The van der Waals surface area contributed by atoms with E-state index >= 15 is 0 Å². The molecule has 1 amide bonds. The van der Waals surface area contributed by atoms with Gasteiger partial charge in [-0.25, -0.2) is 0 Å². The third kappa shape index (κ3) is 3.43. The second-order valence-corrected chi connectivity index (χ2v) is 5.69. The number of amides is 1. The molecule has 0 radical (unpaired) electrons. The van der Waals surface area contributed by atoms with Crippen molar-refractivity contribution in [3.8, 4) is 0 Å². The van der Waals surface area contributed by atoms with E-state index < -0.39 is 0 Å². The Labute approximate surface area is 137 Å². The van der Waals surface area contributed by atoms with E-state index in [0.717, 1.165) is 11.3 Å². The molecule has 5 heteroatoms. The molecule has 2 aromatic carbocycles. The number of para-hydroxylation sites is 1. The van der Waals surface area contributed by atoms with Crippen LogP contribution in [0.3, 0.4) is 0 Å². The van der Waals surface area contributed by atoms with Crippen molar-refractivity contribution in [1.82, 2.24) is 0 Å². The van der Waals surface area contributed by atoms with Crippen molar-refractivity contribution in [2.75, 3.05) is 5.32 Å². The fourth-order valence-corrected chi connectivity index (χ4v) is 2.50. The topological polar surface area (TPSA) is 59.3 Å². The molecule has 23 heavy (non-hydrogen) atoms. The van der Waals surface area contributed by atoms with E-state index in [4.69, 9.17) is 16.0 Å². The maximum Gasteiger partial charge on any atom is 0.232 e. The minimum Gasteiger partial charge on any atom is -0.460 e. The van der Waals surface area contributed by atoms with E-state index in [0.29, 0.717) is 21.8 Å². The average Bonchev–Trinajstić information content (AvgIpc) is 2.50. The highest BCUT2D eigenvalue weighted by Gasteiger charge is 2.10. The summed E-state index contributed by atoms with van der Waals surface area (Å²) in [6, 6.07) is 13.6. The highest BCUT2D eigenvalue weighted by molar-refractivity contribution is 6.31. The quantitative estimate of drug-likeness (QED) is 0.792. The van der Waals surface area contributed by atoms with Crippen molar-refractivity contribution >= 4 is 34.2 Å². The lowest BCUT2D eigenvalue weighted by atomic mass is 10.2. The van der Waals surface area contributed by atoms with E-state index in [-0.39, 0.29) is 17.8 Å². The van der Waals surface area contributed by atoms with Gasteiger partial charge in [0.25, 0.3) is 0 Å². The Morgan fingerprint density at radius 1 is 1.17 bits per heavy atom. The van der Waals surface area contributed by atoms with Crippen LogP contribution < -0.4 is 10.7 Å². The zero-order chi connectivity index (χ0) is 16.4. The van der Waals surface area contributed by atoms with E-state index in [1.807, 2.05) is 31.2 Å². The molecule has 1 heterocycles. The van der Waals surface area contributed by atoms with Gasteiger partial charge in [-0.2, -0.15) is 0 Å². The van der Waals surface area contributed by atoms with E-state index in [1.54, 1.807) is 18.2 Å². The summed E-state index contributed by atoms with van der Waals surface area (Å²) in [5.74, 6) is 0.0756. The van der Waals surface area contributed by atoms with E-state index in [1.165, 1.54) is 6.07 Å². The zero-order valence-corrected chi connectivity index (χ0v) is 13.2. The van der Waals surface area contributed by atoms with Gasteiger partial charge >= 0.3 is 0 Å². The molecular formula is C18H14ClNO3. The van der Waals surface area contributed by atoms with Crippen LogP contribution in [-0.4, -0.2) is 5.91 Å². The zero-order valence-electron chi connectivity index (χ0n) is 12.4. The predicted octanol–water partition coefficient (Wildman–Crippen LogP) is 3.94. The van der Waals surface area contributed by atoms with Gasteiger partial charge in [0.15, 0.2) is 5.43 Å². The number of hydrogen-bond acceptors (Lipinski definition) is 3. The molecule has 3 rings (SSSR count). The Hall–Kier alpha value is -2.59. The van der Waals surface area contributed by atoms with Gasteiger partial charge in [-0.15, -0.1) is 0 Å². The van der Waals surface area contributed by atoms with Gasteiger partial charge in [-0.3, -0.25) is 9.59 Å². The number of fused-ring (bicyclic) bond motifs is 1. The van der Waals surface area contributed by atoms with Gasteiger partial charge < -0.3 is 9.73 Å². The Morgan fingerprint density at radius 3 is 2.74 bits per heavy atom. The van der Waals surface area contributed by atoms with Crippen LogP contribution in [0.2, 0.25) is 5.02 Å². The summed E-state index contributed by atoms with van der Waals surface area (Å²) >= 11 is 5.88. The van der Waals surface area contributed by atoms with Crippen LogP contribution in [0.1, 0.15) is 11.3 Å². The van der Waals surface area contributed by atoms with Gasteiger partial charge in [0.1, 0.15) is 11.3 Å². The molecule has 0 unspecified atom stereocenters. The fourth-order valence-electron chi connectivity index (χ4n) is 2.33. The van der Waals surface area contributed by atoms with Crippen molar-refractivity contribution in [3.63, 3.8) is 0 Å². The molecule has 0 aliphatic heterocycles. The lowest BCUT2D eigenvalue weighted by Gasteiger charge is -2.08. The molecule has 0 fully saturated rings. The smallest absolute Gasteiger partial charge is 0.232 e. The van der Waals surface area contributed by atoms with E-state index in [9.17, 15) is 9.59 Å². The summed E-state index contributed by atoms with van der Waals surface area (Å²) in [4.78, 5) is 24.2.